The third-order valence-corrected chi connectivity index (χ3v) is 15.3. The second kappa shape index (κ2) is 17.9. The minimum Gasteiger partial charge on any atom is -0.456 e. The summed E-state index contributed by atoms with van der Waals surface area (Å²) in [7, 11) is 0. The summed E-state index contributed by atoms with van der Waals surface area (Å²) in [4.78, 5) is 2.48. The van der Waals surface area contributed by atoms with E-state index in [-0.39, 0.29) is 10.8 Å². The van der Waals surface area contributed by atoms with Gasteiger partial charge in [-0.1, -0.05) is 230 Å². The molecule has 0 atom stereocenters. The Labute approximate surface area is 439 Å². The Balaban J connectivity index is 1.05. The van der Waals surface area contributed by atoms with E-state index in [0.717, 1.165) is 66.9 Å². The highest BCUT2D eigenvalue weighted by Gasteiger charge is 2.26. The van der Waals surface area contributed by atoms with E-state index in [9.17, 15) is 0 Å². The summed E-state index contributed by atoms with van der Waals surface area (Å²) >= 11 is 0. The topological polar surface area (TPSA) is 21.3 Å². The Morgan fingerprint density at radius 2 is 0.867 bits per heavy atom. The van der Waals surface area contributed by atoms with Crippen LogP contribution in [0.4, 0.5) is 17.1 Å². The summed E-state index contributed by atoms with van der Waals surface area (Å²) in [6.07, 6.45) is 0. The lowest BCUT2D eigenvalue weighted by molar-refractivity contribution is 0.569. The summed E-state index contributed by atoms with van der Waals surface area (Å²) in [6, 6.07) is 89.1. The Bertz CT molecular complexity index is 4270. The smallest absolute Gasteiger partial charge is 0.136 e. The minimum absolute atomic E-state index is 0.0284. The number of rotatable bonds is 8. The molecule has 0 aliphatic rings. The molecule has 362 valence electrons. The van der Waals surface area contributed by atoms with Crippen LogP contribution in [0.1, 0.15) is 52.7 Å². The summed E-state index contributed by atoms with van der Waals surface area (Å²) < 4.78 is 8.95. The van der Waals surface area contributed by atoms with E-state index in [1.165, 1.54) is 66.0 Å². The van der Waals surface area contributed by atoms with Crippen molar-refractivity contribution < 1.29 is 4.42 Å². The van der Waals surface area contributed by atoms with E-state index in [1.807, 2.05) is 6.07 Å². The molecule has 0 aliphatic carbocycles. The molecule has 0 radical (unpaired) electrons. The van der Waals surface area contributed by atoms with Gasteiger partial charge >= 0.3 is 0 Å². The van der Waals surface area contributed by atoms with Gasteiger partial charge in [-0.05, 0) is 115 Å². The van der Waals surface area contributed by atoms with E-state index in [2.05, 4.69) is 288 Å². The van der Waals surface area contributed by atoms with Crippen molar-refractivity contribution in [3.05, 3.63) is 254 Å². The molecule has 2 aromatic heterocycles. The van der Waals surface area contributed by atoms with Gasteiger partial charge in [-0.2, -0.15) is 0 Å². The molecule has 0 aliphatic heterocycles. The van der Waals surface area contributed by atoms with Crippen LogP contribution in [0.5, 0.6) is 0 Å². The fourth-order valence-electron chi connectivity index (χ4n) is 11.5. The molecule has 3 heteroatoms. The number of nitrogens with zero attached hydrogens (tertiary/aromatic N) is 2. The lowest BCUT2D eigenvalue weighted by Crippen LogP contribution is -2.16. The molecule has 0 bridgehead atoms. The Hall–Kier alpha value is -8.92. The van der Waals surface area contributed by atoms with Crippen LogP contribution in [-0.2, 0) is 10.8 Å². The molecule has 2 heterocycles. The zero-order valence-electron chi connectivity index (χ0n) is 43.4. The van der Waals surface area contributed by atoms with Crippen LogP contribution >= 0.6 is 0 Å². The fraction of sp³-hybridized carbons (Fsp3) is 0.111. The van der Waals surface area contributed by atoms with Gasteiger partial charge in [0.15, 0.2) is 0 Å². The van der Waals surface area contributed by atoms with Crippen molar-refractivity contribution in [1.29, 1.82) is 0 Å². The molecule has 0 fully saturated rings. The number of hydrogen-bond acceptors (Lipinski definition) is 2. The van der Waals surface area contributed by atoms with Crippen LogP contribution in [0.2, 0.25) is 0 Å². The third kappa shape index (κ3) is 7.90. The van der Waals surface area contributed by atoms with E-state index in [4.69, 9.17) is 4.42 Å². The first-order valence-electron chi connectivity index (χ1n) is 26.2. The van der Waals surface area contributed by atoms with Crippen molar-refractivity contribution >= 4 is 71.6 Å². The molecule has 3 nitrogen and oxygen atoms in total. The van der Waals surface area contributed by atoms with Crippen LogP contribution in [-0.4, -0.2) is 4.57 Å². The van der Waals surface area contributed by atoms with E-state index >= 15 is 0 Å². The normalized spacial score (nSPS) is 12.1. The van der Waals surface area contributed by atoms with Crippen LogP contribution in [0.25, 0.3) is 105 Å². The van der Waals surface area contributed by atoms with Crippen molar-refractivity contribution in [3.63, 3.8) is 0 Å². The Morgan fingerprint density at radius 1 is 0.360 bits per heavy atom. The predicted octanol–water partition coefficient (Wildman–Crippen LogP) is 20.6. The van der Waals surface area contributed by atoms with Gasteiger partial charge in [0.1, 0.15) is 11.2 Å². The van der Waals surface area contributed by atoms with E-state index < -0.39 is 0 Å². The number of hydrogen-bond donors (Lipinski definition) is 0. The Kier molecular flexibility index (Phi) is 11.0. The van der Waals surface area contributed by atoms with Crippen molar-refractivity contribution in [2.24, 2.45) is 0 Å². The van der Waals surface area contributed by atoms with Crippen LogP contribution in [0, 0.1) is 0 Å². The van der Waals surface area contributed by atoms with Crippen molar-refractivity contribution in [3.8, 4) is 50.2 Å². The highest BCUT2D eigenvalue weighted by atomic mass is 16.3. The molecule has 11 aromatic carbocycles. The molecular weight excluding hydrogens is 909 g/mol. The standard InChI is InChI=1S/C72H58N2O/c1-71(2,3)50-44-49(45-51(46-50)72(4,5)6)54-30-18-22-48-23-19-32-59(68(48)54)56-26-10-14-35-63(56)73(64-36-15-11-27-57(64)60-33-21-39-67-69(60)62-29-13-17-38-66(62)75-67)53-42-40-47(41-43-53)55-31-20-34-61-58-28-12-16-37-65(58)74(70(55)61)52-24-8-7-9-25-52/h7-46H,1-6H3. The summed E-state index contributed by atoms with van der Waals surface area (Å²) in [5.41, 5.74) is 20.4. The maximum atomic E-state index is 6.53. The molecule has 75 heavy (non-hydrogen) atoms. The molecule has 0 N–H and O–H groups in total. The molecule has 13 rings (SSSR count). The average molecular weight is 967 g/mol. The average Bonchev–Trinajstić information content (AvgIpc) is 4.00. The molecule has 0 saturated heterocycles. The molecule has 13 aromatic rings. The maximum Gasteiger partial charge on any atom is 0.136 e. The molecule has 0 spiro atoms. The van der Waals surface area contributed by atoms with Gasteiger partial charge in [-0.25, -0.2) is 0 Å². The number of fused-ring (bicyclic) bond motifs is 7. The second-order valence-corrected chi connectivity index (χ2v) is 22.1. The summed E-state index contributed by atoms with van der Waals surface area (Å²) in [5.74, 6) is 0. The third-order valence-electron chi connectivity index (χ3n) is 15.3. The first-order chi connectivity index (χ1) is 36.5. The highest BCUT2D eigenvalue weighted by molar-refractivity contribution is 6.16. The van der Waals surface area contributed by atoms with Crippen molar-refractivity contribution in [2.45, 2.75) is 52.4 Å². The quantitative estimate of drug-likeness (QED) is 0.151. The van der Waals surface area contributed by atoms with Gasteiger partial charge in [0.25, 0.3) is 0 Å². The lowest BCUT2D eigenvalue weighted by Gasteiger charge is -2.30. The Morgan fingerprint density at radius 3 is 1.55 bits per heavy atom. The van der Waals surface area contributed by atoms with Gasteiger partial charge in [-0.3, -0.25) is 0 Å². The predicted molar refractivity (Wildman–Crippen MR) is 319 cm³/mol. The van der Waals surface area contributed by atoms with Gasteiger partial charge in [0.2, 0.25) is 0 Å². The van der Waals surface area contributed by atoms with Crippen molar-refractivity contribution in [2.75, 3.05) is 4.90 Å². The number of benzene rings is 11. The van der Waals surface area contributed by atoms with E-state index in [0.29, 0.717) is 0 Å². The molecule has 0 amide bonds. The summed E-state index contributed by atoms with van der Waals surface area (Å²) in [5, 5.41) is 7.12. The number of aromatic nitrogens is 1. The monoisotopic (exact) mass is 966 g/mol. The van der Waals surface area contributed by atoms with Crippen molar-refractivity contribution in [1.82, 2.24) is 4.57 Å². The maximum absolute atomic E-state index is 6.53. The molecule has 0 saturated carbocycles. The zero-order chi connectivity index (χ0) is 51.0. The van der Waals surface area contributed by atoms with Gasteiger partial charge < -0.3 is 13.9 Å². The first-order valence-corrected chi connectivity index (χ1v) is 26.2. The fourth-order valence-corrected chi connectivity index (χ4v) is 11.5. The van der Waals surface area contributed by atoms with Crippen LogP contribution < -0.4 is 4.90 Å². The number of anilines is 3. The first kappa shape index (κ1) is 45.9. The van der Waals surface area contributed by atoms with Gasteiger partial charge in [0.05, 0.1) is 22.4 Å². The van der Waals surface area contributed by atoms with Gasteiger partial charge in [-0.15, -0.1) is 0 Å². The minimum atomic E-state index is -0.0284. The summed E-state index contributed by atoms with van der Waals surface area (Å²) in [6.45, 7) is 13.9. The lowest BCUT2D eigenvalue weighted by atomic mass is 9.78. The molecule has 0 unspecified atom stereocenters. The SMILES string of the molecule is CC(C)(C)c1cc(-c2cccc3cccc(-c4ccccc4N(c4ccc(-c5cccc6c7ccccc7n(-c7ccccc7)c56)cc4)c4ccccc4-c4cccc5oc6ccccc6c45)c23)cc(C(C)(C)C)c1. The number of para-hydroxylation sites is 6. The van der Waals surface area contributed by atoms with E-state index in [1.54, 1.807) is 0 Å². The van der Waals surface area contributed by atoms with Crippen LogP contribution in [0.3, 0.4) is 0 Å². The highest BCUT2D eigenvalue weighted by Crippen LogP contribution is 2.50. The molecular formula is C72H58N2O. The zero-order valence-corrected chi connectivity index (χ0v) is 43.4. The number of furan rings is 1. The largest absolute Gasteiger partial charge is 0.456 e. The second-order valence-electron chi connectivity index (χ2n) is 22.1. The van der Waals surface area contributed by atoms with Crippen LogP contribution in [0.15, 0.2) is 247 Å². The van der Waals surface area contributed by atoms with Gasteiger partial charge in [0, 0.05) is 49.6 Å².